The number of nitrogens with one attached hydrogen (secondary N) is 2. The van der Waals surface area contributed by atoms with E-state index in [4.69, 9.17) is 0 Å². The molecule has 30 heavy (non-hydrogen) atoms. The van der Waals surface area contributed by atoms with Crippen molar-refractivity contribution in [2.45, 2.75) is 36.8 Å². The molecule has 0 aromatic carbocycles. The van der Waals surface area contributed by atoms with E-state index in [1.807, 2.05) is 12.3 Å². The summed E-state index contributed by atoms with van der Waals surface area (Å²) in [5.41, 5.74) is -0.403. The Labute approximate surface area is 175 Å². The number of nitrogens with zero attached hydrogens (tertiary/aromatic N) is 5. The molecule has 2 N–H and O–H groups in total. The molecule has 11 heteroatoms. The molecule has 1 aliphatic carbocycles. The van der Waals surface area contributed by atoms with E-state index in [-0.39, 0.29) is 6.54 Å². The Hall–Kier alpha value is -2.08. The lowest BCUT2D eigenvalue weighted by Crippen LogP contribution is -2.61. The van der Waals surface area contributed by atoms with Crippen molar-refractivity contribution in [3.05, 3.63) is 18.6 Å². The first-order valence-electron chi connectivity index (χ1n) is 10.4. The summed E-state index contributed by atoms with van der Waals surface area (Å²) in [6.07, 6.45) is 7.44. The van der Waals surface area contributed by atoms with Gasteiger partial charge in [-0.3, -0.25) is 0 Å². The molecule has 2 aliphatic heterocycles. The minimum Gasteiger partial charge on any atom is -0.353 e. The van der Waals surface area contributed by atoms with Crippen LogP contribution < -0.4 is 10.2 Å². The molecule has 10 nitrogen and oxygen atoms in total. The standard InChI is InChI=1S/C19H27N7O3S/c1-24(11-18(13-27)4-2-7-23-18)30(28,29)26-10-9-25(12-19(26)5-6-19)17-15-3-8-20-16(15)21-14-22-17/h3,8,13-14,23H,2,4-7,9-12H2,1H3,(H,20,21,22)/t18-/m1/s1. The van der Waals surface area contributed by atoms with Gasteiger partial charge in [0.25, 0.3) is 10.2 Å². The van der Waals surface area contributed by atoms with Crippen LogP contribution in [0.15, 0.2) is 18.6 Å². The number of aldehydes is 1. The van der Waals surface area contributed by atoms with Gasteiger partial charge in [0, 0.05) is 39.4 Å². The Morgan fingerprint density at radius 2 is 2.10 bits per heavy atom. The van der Waals surface area contributed by atoms with Crippen LogP contribution in [0.2, 0.25) is 0 Å². The lowest BCUT2D eigenvalue weighted by Gasteiger charge is -2.43. The van der Waals surface area contributed by atoms with Gasteiger partial charge >= 0.3 is 0 Å². The van der Waals surface area contributed by atoms with Crippen LogP contribution in [0.25, 0.3) is 11.0 Å². The van der Waals surface area contributed by atoms with Gasteiger partial charge < -0.3 is 20.0 Å². The smallest absolute Gasteiger partial charge is 0.282 e. The minimum absolute atomic E-state index is 0.158. The van der Waals surface area contributed by atoms with Gasteiger partial charge in [0.1, 0.15) is 24.1 Å². The fourth-order valence-electron chi connectivity index (χ4n) is 4.91. The molecule has 0 unspecified atom stereocenters. The molecule has 1 saturated carbocycles. The maximum atomic E-state index is 13.5. The fraction of sp³-hybridized carbons (Fsp3) is 0.632. The molecule has 5 rings (SSSR count). The largest absolute Gasteiger partial charge is 0.353 e. The highest BCUT2D eigenvalue weighted by molar-refractivity contribution is 7.86. The van der Waals surface area contributed by atoms with E-state index in [1.54, 1.807) is 11.4 Å². The van der Waals surface area contributed by atoms with Crippen molar-refractivity contribution in [1.29, 1.82) is 0 Å². The third-order valence-electron chi connectivity index (χ3n) is 6.73. The van der Waals surface area contributed by atoms with Gasteiger partial charge in [0.15, 0.2) is 0 Å². The predicted octanol–water partition coefficient (Wildman–Crippen LogP) is 0.110. The van der Waals surface area contributed by atoms with Gasteiger partial charge in [-0.05, 0) is 38.3 Å². The summed E-state index contributed by atoms with van der Waals surface area (Å²) < 4.78 is 29.9. The number of piperazine rings is 1. The second-order valence-corrected chi connectivity index (χ2v) is 10.7. The number of aromatic amines is 1. The SMILES string of the molecule is CN(C[C@@]1(C=O)CCCN1)S(=O)(=O)N1CCN(c2ncnc3[nH]ccc23)CC12CC2. The van der Waals surface area contributed by atoms with Crippen LogP contribution >= 0.6 is 0 Å². The van der Waals surface area contributed by atoms with Crippen LogP contribution in [0.3, 0.4) is 0 Å². The summed E-state index contributed by atoms with van der Waals surface area (Å²) in [5, 5.41) is 4.13. The number of aromatic nitrogens is 3. The Balaban J connectivity index is 1.37. The Kier molecular flexibility index (Phi) is 4.62. The number of hydrogen-bond acceptors (Lipinski definition) is 7. The molecule has 2 aromatic heterocycles. The zero-order chi connectivity index (χ0) is 21.0. The van der Waals surface area contributed by atoms with Crippen LogP contribution in [-0.2, 0) is 15.0 Å². The number of hydrogen-bond donors (Lipinski definition) is 2. The summed E-state index contributed by atoms with van der Waals surface area (Å²) in [6.45, 7) is 2.45. The summed E-state index contributed by atoms with van der Waals surface area (Å²) in [7, 11) is -2.10. The molecule has 2 saturated heterocycles. The van der Waals surface area contributed by atoms with Gasteiger partial charge in [-0.25, -0.2) is 9.97 Å². The second-order valence-electron chi connectivity index (χ2n) is 8.72. The molecule has 0 amide bonds. The number of likely N-dealkylation sites (N-methyl/N-ethyl adjacent to an activating group) is 1. The lowest BCUT2D eigenvalue weighted by molar-refractivity contribution is -0.113. The number of H-pyrrole nitrogens is 1. The van der Waals surface area contributed by atoms with Crippen LogP contribution in [0.4, 0.5) is 5.82 Å². The summed E-state index contributed by atoms with van der Waals surface area (Å²) in [4.78, 5) is 25.7. The summed E-state index contributed by atoms with van der Waals surface area (Å²) >= 11 is 0. The number of carbonyl (C=O) groups is 1. The highest BCUT2D eigenvalue weighted by atomic mass is 32.2. The molecule has 0 radical (unpaired) electrons. The van der Waals surface area contributed by atoms with Crippen molar-refractivity contribution in [2.24, 2.45) is 0 Å². The molecule has 2 aromatic rings. The average molecular weight is 434 g/mol. The summed E-state index contributed by atoms with van der Waals surface area (Å²) in [6, 6.07) is 1.95. The van der Waals surface area contributed by atoms with Crippen molar-refractivity contribution < 1.29 is 13.2 Å². The normalized spacial score (nSPS) is 26.7. The van der Waals surface area contributed by atoms with Crippen LogP contribution in [0, 0.1) is 0 Å². The molecule has 3 aliphatic rings. The second kappa shape index (κ2) is 6.98. The van der Waals surface area contributed by atoms with Gasteiger partial charge in [0.05, 0.1) is 16.5 Å². The highest BCUT2D eigenvalue weighted by Gasteiger charge is 2.57. The monoisotopic (exact) mass is 433 g/mol. The molecule has 1 spiro atoms. The van der Waals surface area contributed by atoms with Crippen molar-refractivity contribution in [3.63, 3.8) is 0 Å². The number of anilines is 1. The first-order chi connectivity index (χ1) is 14.4. The molecule has 162 valence electrons. The minimum atomic E-state index is -3.68. The topological polar surface area (TPSA) is 115 Å². The first-order valence-corrected chi connectivity index (χ1v) is 11.8. The highest BCUT2D eigenvalue weighted by Crippen LogP contribution is 2.47. The predicted molar refractivity (Wildman–Crippen MR) is 112 cm³/mol. The summed E-state index contributed by atoms with van der Waals surface area (Å²) in [5.74, 6) is 0.841. The third kappa shape index (κ3) is 3.11. The van der Waals surface area contributed by atoms with E-state index < -0.39 is 21.3 Å². The lowest BCUT2D eigenvalue weighted by atomic mass is 10.00. The Morgan fingerprint density at radius 3 is 2.80 bits per heavy atom. The molecule has 1 atom stereocenters. The van der Waals surface area contributed by atoms with Gasteiger partial charge in [0.2, 0.25) is 0 Å². The Morgan fingerprint density at radius 1 is 1.27 bits per heavy atom. The van der Waals surface area contributed by atoms with Gasteiger partial charge in [-0.1, -0.05) is 0 Å². The van der Waals surface area contributed by atoms with E-state index in [0.29, 0.717) is 26.1 Å². The quantitative estimate of drug-likeness (QED) is 0.622. The van der Waals surface area contributed by atoms with E-state index >= 15 is 0 Å². The first kappa shape index (κ1) is 19.9. The van der Waals surface area contributed by atoms with Crippen LogP contribution in [0.1, 0.15) is 25.7 Å². The van der Waals surface area contributed by atoms with E-state index in [0.717, 1.165) is 48.9 Å². The number of carbonyl (C=O) groups excluding carboxylic acids is 1. The van der Waals surface area contributed by atoms with Crippen LogP contribution in [0.5, 0.6) is 0 Å². The molecule has 0 bridgehead atoms. The fourth-order valence-corrected chi connectivity index (χ4v) is 6.69. The molecular formula is C19H27N7O3S. The van der Waals surface area contributed by atoms with Gasteiger partial charge in [-0.15, -0.1) is 0 Å². The van der Waals surface area contributed by atoms with E-state index in [1.165, 1.54) is 10.6 Å². The zero-order valence-electron chi connectivity index (χ0n) is 17.0. The molecule has 3 fully saturated rings. The van der Waals surface area contributed by atoms with Crippen molar-refractivity contribution >= 4 is 33.3 Å². The zero-order valence-corrected chi connectivity index (χ0v) is 17.9. The number of fused-ring (bicyclic) bond motifs is 1. The third-order valence-corrected chi connectivity index (χ3v) is 8.77. The van der Waals surface area contributed by atoms with Crippen molar-refractivity contribution in [1.82, 2.24) is 28.9 Å². The maximum Gasteiger partial charge on any atom is 0.282 e. The van der Waals surface area contributed by atoms with Gasteiger partial charge in [-0.2, -0.15) is 17.0 Å². The van der Waals surface area contributed by atoms with Crippen molar-refractivity contribution in [3.8, 4) is 0 Å². The number of rotatable bonds is 6. The van der Waals surface area contributed by atoms with E-state index in [2.05, 4.69) is 25.2 Å². The molecule has 4 heterocycles. The van der Waals surface area contributed by atoms with Crippen molar-refractivity contribution in [2.75, 3.05) is 44.7 Å². The Bertz CT molecular complexity index is 1060. The molecular weight excluding hydrogens is 406 g/mol. The van der Waals surface area contributed by atoms with E-state index in [9.17, 15) is 13.2 Å². The maximum absolute atomic E-state index is 13.5. The van der Waals surface area contributed by atoms with Crippen LogP contribution in [-0.4, -0.2) is 89.1 Å². The average Bonchev–Trinajstić information content (AvgIpc) is 3.15.